The molecule has 0 aromatic carbocycles. The van der Waals surface area contributed by atoms with Gasteiger partial charge in [-0.1, -0.05) is 0 Å². The summed E-state index contributed by atoms with van der Waals surface area (Å²) in [7, 11) is 0. The van der Waals surface area contributed by atoms with Crippen molar-refractivity contribution in [3.8, 4) is 0 Å². The molecule has 1 aliphatic heterocycles. The van der Waals surface area contributed by atoms with Crippen molar-refractivity contribution < 1.29 is 14.3 Å². The van der Waals surface area contributed by atoms with Crippen molar-refractivity contribution in [2.45, 2.75) is 64.7 Å². The quantitative estimate of drug-likeness (QED) is 0.823. The standard InChI is InChI=1S/C13H25NO3/c1-12(2,3)17-9-11(15)14-10-6-7-16-13(4,5)8-10/h10H,6-9H2,1-5H3,(H,14,15). The summed E-state index contributed by atoms with van der Waals surface area (Å²) < 4.78 is 11.1. The van der Waals surface area contributed by atoms with E-state index in [-0.39, 0.29) is 29.8 Å². The topological polar surface area (TPSA) is 47.6 Å². The van der Waals surface area contributed by atoms with E-state index in [1.54, 1.807) is 0 Å². The maximum atomic E-state index is 11.7. The highest BCUT2D eigenvalue weighted by Crippen LogP contribution is 2.23. The van der Waals surface area contributed by atoms with E-state index in [4.69, 9.17) is 9.47 Å². The Morgan fingerprint density at radius 1 is 1.47 bits per heavy atom. The molecule has 0 aliphatic carbocycles. The summed E-state index contributed by atoms with van der Waals surface area (Å²) in [5.74, 6) is -0.0392. The van der Waals surface area contributed by atoms with Gasteiger partial charge < -0.3 is 14.8 Å². The van der Waals surface area contributed by atoms with E-state index in [0.29, 0.717) is 6.61 Å². The smallest absolute Gasteiger partial charge is 0.246 e. The highest BCUT2D eigenvalue weighted by molar-refractivity contribution is 5.77. The molecule has 0 bridgehead atoms. The first kappa shape index (κ1) is 14.5. The Hall–Kier alpha value is -0.610. The van der Waals surface area contributed by atoms with Gasteiger partial charge in [-0.05, 0) is 47.5 Å². The third-order valence-corrected chi connectivity index (χ3v) is 2.70. The van der Waals surface area contributed by atoms with Crippen molar-refractivity contribution in [3.63, 3.8) is 0 Å². The van der Waals surface area contributed by atoms with Crippen LogP contribution in [0.1, 0.15) is 47.5 Å². The van der Waals surface area contributed by atoms with Crippen LogP contribution in [0.2, 0.25) is 0 Å². The normalized spacial score (nSPS) is 24.4. The summed E-state index contributed by atoms with van der Waals surface area (Å²) in [4.78, 5) is 11.7. The minimum absolute atomic E-state index is 0.0392. The van der Waals surface area contributed by atoms with E-state index in [0.717, 1.165) is 12.8 Å². The fourth-order valence-corrected chi connectivity index (χ4v) is 1.91. The van der Waals surface area contributed by atoms with Gasteiger partial charge in [0.2, 0.25) is 5.91 Å². The predicted octanol–water partition coefficient (Wildman–Crippen LogP) is 1.88. The second-order valence-electron chi connectivity index (χ2n) is 6.27. The van der Waals surface area contributed by atoms with Crippen LogP contribution >= 0.6 is 0 Å². The van der Waals surface area contributed by atoms with Crippen LogP contribution in [0.4, 0.5) is 0 Å². The molecule has 1 fully saturated rings. The number of ether oxygens (including phenoxy) is 2. The van der Waals surface area contributed by atoms with Gasteiger partial charge >= 0.3 is 0 Å². The van der Waals surface area contributed by atoms with Crippen molar-refractivity contribution in [1.82, 2.24) is 5.32 Å². The molecule has 1 heterocycles. The molecule has 1 N–H and O–H groups in total. The maximum absolute atomic E-state index is 11.7. The Labute approximate surface area is 104 Å². The second kappa shape index (κ2) is 5.36. The lowest BCUT2D eigenvalue weighted by molar-refractivity contribution is -0.133. The van der Waals surface area contributed by atoms with Crippen LogP contribution in [-0.2, 0) is 14.3 Å². The number of rotatable bonds is 3. The van der Waals surface area contributed by atoms with Crippen molar-refractivity contribution in [2.75, 3.05) is 13.2 Å². The highest BCUT2D eigenvalue weighted by Gasteiger charge is 2.29. The van der Waals surface area contributed by atoms with Crippen LogP contribution in [0.5, 0.6) is 0 Å². The first-order chi connectivity index (χ1) is 7.68. The molecule has 1 rings (SSSR count). The molecule has 1 saturated heterocycles. The summed E-state index contributed by atoms with van der Waals surface area (Å²) in [5.41, 5.74) is -0.409. The summed E-state index contributed by atoms with van der Waals surface area (Å²) in [5, 5.41) is 3.00. The van der Waals surface area contributed by atoms with Crippen LogP contribution in [0.3, 0.4) is 0 Å². The molecule has 0 aromatic rings. The molecule has 100 valence electrons. The van der Waals surface area contributed by atoms with Gasteiger partial charge in [-0.15, -0.1) is 0 Å². The largest absolute Gasteiger partial charge is 0.375 e. The SMILES string of the molecule is CC(C)(C)OCC(=O)NC1CCOC(C)(C)C1. The lowest BCUT2D eigenvalue weighted by Gasteiger charge is -2.35. The van der Waals surface area contributed by atoms with Crippen LogP contribution in [0.25, 0.3) is 0 Å². The summed E-state index contributed by atoms with van der Waals surface area (Å²) >= 11 is 0. The fourth-order valence-electron chi connectivity index (χ4n) is 1.91. The first-order valence-electron chi connectivity index (χ1n) is 6.25. The third kappa shape index (κ3) is 6.03. The molecule has 0 radical (unpaired) electrons. The number of carbonyl (C=O) groups is 1. The van der Waals surface area contributed by atoms with Crippen LogP contribution in [0, 0.1) is 0 Å². The lowest BCUT2D eigenvalue weighted by atomic mass is 9.94. The van der Waals surface area contributed by atoms with Crippen molar-refractivity contribution in [2.24, 2.45) is 0 Å². The van der Waals surface area contributed by atoms with E-state index < -0.39 is 0 Å². The zero-order chi connectivity index (χ0) is 13.1. The summed E-state index contributed by atoms with van der Waals surface area (Å²) in [6.45, 7) is 10.8. The lowest BCUT2D eigenvalue weighted by Crippen LogP contribution is -2.47. The molecule has 1 atom stereocenters. The van der Waals surface area contributed by atoms with Gasteiger partial charge in [-0.25, -0.2) is 0 Å². The third-order valence-electron chi connectivity index (χ3n) is 2.70. The zero-order valence-corrected chi connectivity index (χ0v) is 11.6. The summed E-state index contributed by atoms with van der Waals surface area (Å²) in [6.07, 6.45) is 1.74. The second-order valence-corrected chi connectivity index (χ2v) is 6.27. The van der Waals surface area contributed by atoms with Gasteiger partial charge in [0.1, 0.15) is 6.61 Å². The zero-order valence-electron chi connectivity index (χ0n) is 11.6. The number of nitrogens with one attached hydrogen (secondary N) is 1. The molecular formula is C13H25NO3. The monoisotopic (exact) mass is 243 g/mol. The molecule has 1 aliphatic rings. The Kier molecular flexibility index (Phi) is 4.55. The van der Waals surface area contributed by atoms with Crippen LogP contribution in [0.15, 0.2) is 0 Å². The van der Waals surface area contributed by atoms with Crippen LogP contribution in [-0.4, -0.2) is 36.4 Å². The average molecular weight is 243 g/mol. The average Bonchev–Trinajstić information content (AvgIpc) is 2.12. The van der Waals surface area contributed by atoms with E-state index in [2.05, 4.69) is 19.2 Å². The molecule has 1 amide bonds. The Morgan fingerprint density at radius 2 is 2.12 bits per heavy atom. The van der Waals surface area contributed by atoms with E-state index in [1.807, 2.05) is 20.8 Å². The minimum Gasteiger partial charge on any atom is -0.375 e. The molecule has 0 aromatic heterocycles. The maximum Gasteiger partial charge on any atom is 0.246 e. The number of amides is 1. The molecule has 1 unspecified atom stereocenters. The number of hydrogen-bond acceptors (Lipinski definition) is 3. The Bertz CT molecular complexity index is 268. The molecule has 17 heavy (non-hydrogen) atoms. The first-order valence-corrected chi connectivity index (χ1v) is 6.25. The molecule has 0 spiro atoms. The molecular weight excluding hydrogens is 218 g/mol. The Morgan fingerprint density at radius 3 is 2.65 bits per heavy atom. The van der Waals surface area contributed by atoms with E-state index in [1.165, 1.54) is 0 Å². The van der Waals surface area contributed by atoms with Crippen molar-refractivity contribution in [3.05, 3.63) is 0 Å². The minimum atomic E-state index is -0.272. The number of hydrogen-bond donors (Lipinski definition) is 1. The van der Waals surface area contributed by atoms with Crippen LogP contribution < -0.4 is 5.32 Å². The van der Waals surface area contributed by atoms with Gasteiger partial charge in [0.05, 0.1) is 11.2 Å². The Balaban J connectivity index is 2.31. The molecule has 0 saturated carbocycles. The van der Waals surface area contributed by atoms with Gasteiger partial charge in [0.15, 0.2) is 0 Å². The molecule has 4 heteroatoms. The van der Waals surface area contributed by atoms with E-state index >= 15 is 0 Å². The van der Waals surface area contributed by atoms with Gasteiger partial charge in [0.25, 0.3) is 0 Å². The van der Waals surface area contributed by atoms with E-state index in [9.17, 15) is 4.79 Å². The number of carbonyl (C=O) groups excluding carboxylic acids is 1. The van der Waals surface area contributed by atoms with Gasteiger partial charge in [-0.3, -0.25) is 4.79 Å². The van der Waals surface area contributed by atoms with Crippen molar-refractivity contribution in [1.29, 1.82) is 0 Å². The molecule has 4 nitrogen and oxygen atoms in total. The van der Waals surface area contributed by atoms with Gasteiger partial charge in [-0.2, -0.15) is 0 Å². The van der Waals surface area contributed by atoms with Gasteiger partial charge in [0, 0.05) is 12.6 Å². The predicted molar refractivity (Wildman–Crippen MR) is 66.9 cm³/mol. The van der Waals surface area contributed by atoms with Crippen molar-refractivity contribution >= 4 is 5.91 Å². The fraction of sp³-hybridized carbons (Fsp3) is 0.923. The summed E-state index contributed by atoms with van der Waals surface area (Å²) in [6, 6.07) is 0.204. The highest BCUT2D eigenvalue weighted by atomic mass is 16.5.